The maximum absolute atomic E-state index is 12.6. The number of nitrogens with zero attached hydrogens (tertiary/aromatic N) is 1. The molecule has 1 N–H and O–H groups in total. The third-order valence-corrected chi connectivity index (χ3v) is 6.80. The molecule has 2 aromatic carbocycles. The van der Waals surface area contributed by atoms with E-state index >= 15 is 0 Å². The van der Waals surface area contributed by atoms with Gasteiger partial charge in [0.05, 0.1) is 5.75 Å². The van der Waals surface area contributed by atoms with Gasteiger partial charge in [0.2, 0.25) is 0 Å². The number of carboxylic acids is 1. The standard InChI is InChI=1S/C20H19NO6S/c22-19(23)18-9-10-28(25,26)12-21(18)20(24)27-11-17-15-7-3-1-5-13(15)14-6-2-4-8-16(14)17/h1-8,17-18H,9-12H2,(H,22,23). The Morgan fingerprint density at radius 1 is 1.04 bits per heavy atom. The van der Waals surface area contributed by atoms with E-state index in [1.807, 2.05) is 48.5 Å². The molecule has 8 heteroatoms. The average molecular weight is 401 g/mol. The van der Waals surface area contributed by atoms with Crippen LogP contribution in [0.4, 0.5) is 4.79 Å². The van der Waals surface area contributed by atoms with Crippen LogP contribution in [0, 0.1) is 0 Å². The van der Waals surface area contributed by atoms with E-state index < -0.39 is 33.8 Å². The quantitative estimate of drug-likeness (QED) is 0.848. The normalized spacial score (nSPS) is 20.3. The first-order valence-corrected chi connectivity index (χ1v) is 10.7. The van der Waals surface area contributed by atoms with Gasteiger partial charge in [-0.3, -0.25) is 4.90 Å². The summed E-state index contributed by atoms with van der Waals surface area (Å²) < 4.78 is 29.2. The second-order valence-corrected chi connectivity index (χ2v) is 9.15. The molecule has 1 fully saturated rings. The van der Waals surface area contributed by atoms with Gasteiger partial charge in [-0.05, 0) is 28.7 Å². The molecule has 1 amide bonds. The first kappa shape index (κ1) is 18.5. The minimum Gasteiger partial charge on any atom is -0.480 e. The van der Waals surface area contributed by atoms with Crippen LogP contribution < -0.4 is 0 Å². The first-order chi connectivity index (χ1) is 13.4. The van der Waals surface area contributed by atoms with Crippen molar-refractivity contribution in [2.45, 2.75) is 18.4 Å². The fourth-order valence-electron chi connectivity index (χ4n) is 3.93. The molecule has 1 heterocycles. The summed E-state index contributed by atoms with van der Waals surface area (Å²) in [6.45, 7) is 0.00967. The molecule has 7 nitrogen and oxygen atoms in total. The summed E-state index contributed by atoms with van der Waals surface area (Å²) in [4.78, 5) is 24.8. The fraction of sp³-hybridized carbons (Fsp3) is 0.300. The lowest BCUT2D eigenvalue weighted by Crippen LogP contribution is -2.52. The van der Waals surface area contributed by atoms with Crippen LogP contribution in [0.15, 0.2) is 48.5 Å². The Hall–Kier alpha value is -2.87. The molecule has 0 radical (unpaired) electrons. The molecule has 0 spiro atoms. The Morgan fingerprint density at radius 3 is 2.18 bits per heavy atom. The molecule has 1 aliphatic carbocycles. The van der Waals surface area contributed by atoms with E-state index in [1.54, 1.807) is 0 Å². The largest absolute Gasteiger partial charge is 0.480 e. The molecule has 1 unspecified atom stereocenters. The Kier molecular flexibility index (Phi) is 4.58. The van der Waals surface area contributed by atoms with Crippen molar-refractivity contribution in [2.24, 2.45) is 0 Å². The monoisotopic (exact) mass is 401 g/mol. The van der Waals surface area contributed by atoms with Crippen LogP contribution in [0.2, 0.25) is 0 Å². The molecule has 1 saturated heterocycles. The van der Waals surface area contributed by atoms with Gasteiger partial charge in [-0.1, -0.05) is 48.5 Å². The first-order valence-electron chi connectivity index (χ1n) is 8.92. The van der Waals surface area contributed by atoms with Crippen molar-refractivity contribution in [1.82, 2.24) is 4.90 Å². The minimum absolute atomic E-state index is 0.00967. The SMILES string of the molecule is O=C(O)C1CCS(=O)(=O)CN1C(=O)OCC1c2ccccc2-c2ccccc21. The maximum Gasteiger partial charge on any atom is 0.411 e. The number of fused-ring (bicyclic) bond motifs is 3. The van der Waals surface area contributed by atoms with Gasteiger partial charge in [-0.15, -0.1) is 0 Å². The van der Waals surface area contributed by atoms with E-state index in [9.17, 15) is 23.1 Å². The van der Waals surface area contributed by atoms with Crippen LogP contribution >= 0.6 is 0 Å². The summed E-state index contributed by atoms with van der Waals surface area (Å²) in [7, 11) is -3.52. The number of sulfone groups is 1. The molecule has 4 rings (SSSR count). The van der Waals surface area contributed by atoms with E-state index in [0.717, 1.165) is 27.2 Å². The van der Waals surface area contributed by atoms with Crippen molar-refractivity contribution in [3.8, 4) is 11.1 Å². The molecule has 2 aromatic rings. The summed E-state index contributed by atoms with van der Waals surface area (Å²) in [6, 6.07) is 14.5. The van der Waals surface area contributed by atoms with Crippen LogP contribution in [0.25, 0.3) is 11.1 Å². The zero-order valence-electron chi connectivity index (χ0n) is 14.9. The van der Waals surface area contributed by atoms with Gasteiger partial charge in [0, 0.05) is 5.92 Å². The van der Waals surface area contributed by atoms with Crippen molar-refractivity contribution in [3.05, 3.63) is 59.7 Å². The third kappa shape index (κ3) is 3.24. The van der Waals surface area contributed by atoms with Gasteiger partial charge < -0.3 is 9.84 Å². The zero-order valence-corrected chi connectivity index (χ0v) is 15.8. The lowest BCUT2D eigenvalue weighted by Gasteiger charge is -2.32. The lowest BCUT2D eigenvalue weighted by atomic mass is 9.98. The lowest BCUT2D eigenvalue weighted by molar-refractivity contribution is -0.142. The summed E-state index contributed by atoms with van der Waals surface area (Å²) in [5, 5.41) is 9.32. The second-order valence-electron chi connectivity index (χ2n) is 6.99. The highest BCUT2D eigenvalue weighted by Gasteiger charge is 2.39. The number of amides is 1. The molecule has 2 aliphatic rings. The number of ether oxygens (including phenoxy) is 1. The van der Waals surface area contributed by atoms with Gasteiger partial charge in [0.15, 0.2) is 9.84 Å². The molecule has 0 saturated carbocycles. The summed E-state index contributed by atoms with van der Waals surface area (Å²) in [6.07, 6.45) is -1.06. The van der Waals surface area contributed by atoms with Crippen molar-refractivity contribution in [3.63, 3.8) is 0 Å². The molecular formula is C20H19NO6S. The molecule has 0 bridgehead atoms. The Bertz CT molecular complexity index is 1000. The van der Waals surface area contributed by atoms with Crippen molar-refractivity contribution in [2.75, 3.05) is 18.2 Å². The van der Waals surface area contributed by atoms with Gasteiger partial charge in [0.1, 0.15) is 18.5 Å². The second kappa shape index (κ2) is 6.94. The van der Waals surface area contributed by atoms with Crippen molar-refractivity contribution in [1.29, 1.82) is 0 Å². The van der Waals surface area contributed by atoms with Gasteiger partial charge in [-0.2, -0.15) is 0 Å². The van der Waals surface area contributed by atoms with E-state index in [1.165, 1.54) is 0 Å². The molecule has 146 valence electrons. The fourth-order valence-corrected chi connectivity index (χ4v) is 5.35. The number of aliphatic carboxylic acids is 1. The molecule has 1 atom stereocenters. The number of hydrogen-bond donors (Lipinski definition) is 1. The Balaban J connectivity index is 1.56. The predicted octanol–water partition coefficient (Wildman–Crippen LogP) is 2.47. The molecule has 28 heavy (non-hydrogen) atoms. The number of rotatable bonds is 3. The van der Waals surface area contributed by atoms with Crippen molar-refractivity contribution >= 4 is 21.9 Å². The number of benzene rings is 2. The number of carboxylic acid groups (broad SMARTS) is 1. The number of carbonyl (C=O) groups is 2. The van der Waals surface area contributed by atoms with Gasteiger partial charge in [0.25, 0.3) is 0 Å². The van der Waals surface area contributed by atoms with E-state index in [0.29, 0.717) is 0 Å². The molecular weight excluding hydrogens is 382 g/mol. The van der Waals surface area contributed by atoms with Crippen LogP contribution in [0.5, 0.6) is 0 Å². The number of hydrogen-bond acceptors (Lipinski definition) is 5. The topological polar surface area (TPSA) is 101 Å². The molecule has 0 aromatic heterocycles. The smallest absolute Gasteiger partial charge is 0.411 e. The summed E-state index contributed by atoms with van der Waals surface area (Å²) >= 11 is 0. The maximum atomic E-state index is 12.6. The van der Waals surface area contributed by atoms with Gasteiger partial charge in [-0.25, -0.2) is 18.0 Å². The predicted molar refractivity (Wildman–Crippen MR) is 102 cm³/mol. The Morgan fingerprint density at radius 2 is 1.61 bits per heavy atom. The Labute approximate surface area is 162 Å². The van der Waals surface area contributed by atoms with E-state index in [-0.39, 0.29) is 24.7 Å². The van der Waals surface area contributed by atoms with Crippen LogP contribution in [-0.4, -0.2) is 54.8 Å². The highest BCUT2D eigenvalue weighted by atomic mass is 32.2. The summed E-state index contributed by atoms with van der Waals surface area (Å²) in [5.74, 6) is -2.30. The highest BCUT2D eigenvalue weighted by molar-refractivity contribution is 7.91. The zero-order chi connectivity index (χ0) is 19.9. The minimum atomic E-state index is -3.52. The van der Waals surface area contributed by atoms with Gasteiger partial charge >= 0.3 is 12.1 Å². The van der Waals surface area contributed by atoms with Crippen LogP contribution in [0.1, 0.15) is 23.5 Å². The molecule has 1 aliphatic heterocycles. The highest BCUT2D eigenvalue weighted by Crippen LogP contribution is 2.44. The summed E-state index contributed by atoms with van der Waals surface area (Å²) in [5.41, 5.74) is 4.20. The van der Waals surface area contributed by atoms with Crippen LogP contribution in [-0.2, 0) is 19.4 Å². The van der Waals surface area contributed by atoms with E-state index in [4.69, 9.17) is 4.74 Å². The average Bonchev–Trinajstić information content (AvgIpc) is 2.99. The van der Waals surface area contributed by atoms with Crippen LogP contribution in [0.3, 0.4) is 0 Å². The third-order valence-electron chi connectivity index (χ3n) is 5.27. The van der Waals surface area contributed by atoms with Crippen molar-refractivity contribution < 1.29 is 27.9 Å². The number of carbonyl (C=O) groups excluding carboxylic acids is 1. The van der Waals surface area contributed by atoms with E-state index in [2.05, 4.69) is 0 Å².